The number of nitrogens with one attached hydrogen (secondary N) is 1. The van der Waals surface area contributed by atoms with Gasteiger partial charge in [0.2, 0.25) is 5.91 Å². The van der Waals surface area contributed by atoms with Crippen LogP contribution in [-0.4, -0.2) is 23.1 Å². The monoisotopic (exact) mass is 265 g/mol. The molecule has 0 aliphatic rings. The lowest BCUT2D eigenvalue weighted by Gasteiger charge is -2.13. The molecule has 1 aromatic carbocycles. The molecule has 2 N–H and O–H groups in total. The quantitative estimate of drug-likeness (QED) is 0.794. The van der Waals surface area contributed by atoms with Gasteiger partial charge >= 0.3 is 5.97 Å². The summed E-state index contributed by atoms with van der Waals surface area (Å²) in [5, 5.41) is 11.1. The zero-order valence-corrected chi connectivity index (χ0v) is 11.2. The van der Waals surface area contributed by atoms with Crippen LogP contribution in [0.25, 0.3) is 0 Å². The third-order valence-electron chi connectivity index (χ3n) is 2.60. The second kappa shape index (κ2) is 7.41. The first-order valence-corrected chi connectivity index (χ1v) is 6.29. The standard InChI is InChI=1S/C14H19NO4/c1-3-10(2)19-12-6-4-5-11(9-12)15-13(16)7-8-14(17)18/h4-6,9-10H,3,7-8H2,1-2H3,(H,15,16)(H,17,18)/t10-/m0/s1. The van der Waals surface area contributed by atoms with Gasteiger partial charge in [0.25, 0.3) is 0 Å². The summed E-state index contributed by atoms with van der Waals surface area (Å²) in [7, 11) is 0. The van der Waals surface area contributed by atoms with Crippen molar-refractivity contribution in [2.45, 2.75) is 39.2 Å². The predicted molar refractivity (Wildman–Crippen MR) is 72.3 cm³/mol. The van der Waals surface area contributed by atoms with Gasteiger partial charge in [-0.05, 0) is 25.5 Å². The van der Waals surface area contributed by atoms with Gasteiger partial charge in [-0.1, -0.05) is 13.0 Å². The minimum atomic E-state index is -0.982. The lowest BCUT2D eigenvalue weighted by Crippen LogP contribution is -2.14. The highest BCUT2D eigenvalue weighted by Crippen LogP contribution is 2.19. The molecule has 0 bridgehead atoms. The van der Waals surface area contributed by atoms with Gasteiger partial charge in [-0.15, -0.1) is 0 Å². The lowest BCUT2D eigenvalue weighted by molar-refractivity contribution is -0.138. The number of ether oxygens (including phenoxy) is 1. The number of carboxylic acid groups (broad SMARTS) is 1. The molecule has 0 radical (unpaired) electrons. The van der Waals surface area contributed by atoms with E-state index in [1.807, 2.05) is 19.9 Å². The molecule has 19 heavy (non-hydrogen) atoms. The maximum absolute atomic E-state index is 11.5. The van der Waals surface area contributed by atoms with Gasteiger partial charge in [-0.25, -0.2) is 0 Å². The van der Waals surface area contributed by atoms with Crippen LogP contribution in [0.2, 0.25) is 0 Å². The van der Waals surface area contributed by atoms with Crippen molar-refractivity contribution in [1.82, 2.24) is 0 Å². The molecular formula is C14H19NO4. The maximum Gasteiger partial charge on any atom is 0.303 e. The zero-order chi connectivity index (χ0) is 14.3. The van der Waals surface area contributed by atoms with Crippen molar-refractivity contribution in [3.63, 3.8) is 0 Å². The third-order valence-corrected chi connectivity index (χ3v) is 2.60. The Morgan fingerprint density at radius 2 is 2.11 bits per heavy atom. The fourth-order valence-electron chi connectivity index (χ4n) is 1.41. The van der Waals surface area contributed by atoms with E-state index in [2.05, 4.69) is 5.32 Å². The second-order valence-corrected chi connectivity index (χ2v) is 4.31. The highest BCUT2D eigenvalue weighted by Gasteiger charge is 2.07. The number of rotatable bonds is 7. The van der Waals surface area contributed by atoms with Gasteiger partial charge in [-0.3, -0.25) is 9.59 Å². The number of carbonyl (C=O) groups is 2. The van der Waals surface area contributed by atoms with Crippen LogP contribution < -0.4 is 10.1 Å². The topological polar surface area (TPSA) is 75.6 Å². The van der Waals surface area contributed by atoms with Gasteiger partial charge in [0.15, 0.2) is 0 Å². The van der Waals surface area contributed by atoms with E-state index in [1.54, 1.807) is 18.2 Å². The molecule has 0 fully saturated rings. The summed E-state index contributed by atoms with van der Waals surface area (Å²) in [6.07, 6.45) is 0.800. The number of aliphatic carboxylic acids is 1. The second-order valence-electron chi connectivity index (χ2n) is 4.31. The summed E-state index contributed by atoms with van der Waals surface area (Å²) in [5.41, 5.74) is 0.608. The van der Waals surface area contributed by atoms with Crippen molar-refractivity contribution in [1.29, 1.82) is 0 Å². The summed E-state index contributed by atoms with van der Waals surface area (Å²) in [5.74, 6) is -0.613. The van der Waals surface area contributed by atoms with Gasteiger partial charge in [-0.2, -0.15) is 0 Å². The first kappa shape index (κ1) is 15.0. The first-order valence-electron chi connectivity index (χ1n) is 6.29. The van der Waals surface area contributed by atoms with Crippen molar-refractivity contribution in [3.05, 3.63) is 24.3 Å². The average molecular weight is 265 g/mol. The molecule has 0 saturated carbocycles. The molecule has 0 aliphatic carbocycles. The van der Waals surface area contributed by atoms with Crippen LogP contribution in [0.4, 0.5) is 5.69 Å². The molecule has 1 aromatic rings. The summed E-state index contributed by atoms with van der Waals surface area (Å²) >= 11 is 0. The Bertz CT molecular complexity index is 445. The van der Waals surface area contributed by atoms with E-state index in [9.17, 15) is 9.59 Å². The Labute approximate surface area is 112 Å². The Morgan fingerprint density at radius 3 is 2.74 bits per heavy atom. The van der Waals surface area contributed by atoms with Gasteiger partial charge in [0, 0.05) is 18.2 Å². The Balaban J connectivity index is 2.56. The van der Waals surface area contributed by atoms with Crippen LogP contribution in [0.15, 0.2) is 24.3 Å². The van der Waals surface area contributed by atoms with Crippen molar-refractivity contribution in [3.8, 4) is 5.75 Å². The van der Waals surface area contributed by atoms with Crippen LogP contribution in [0.3, 0.4) is 0 Å². The Morgan fingerprint density at radius 1 is 1.37 bits per heavy atom. The summed E-state index contributed by atoms with van der Waals surface area (Å²) < 4.78 is 5.64. The predicted octanol–water partition coefficient (Wildman–Crippen LogP) is 2.67. The van der Waals surface area contributed by atoms with Crippen LogP contribution in [0.1, 0.15) is 33.1 Å². The zero-order valence-electron chi connectivity index (χ0n) is 11.2. The van der Waals surface area contributed by atoms with Gasteiger partial charge in [0.05, 0.1) is 12.5 Å². The summed E-state index contributed by atoms with van der Waals surface area (Å²) in [4.78, 5) is 21.9. The van der Waals surface area contributed by atoms with Crippen LogP contribution in [-0.2, 0) is 9.59 Å². The number of benzene rings is 1. The van der Waals surface area contributed by atoms with E-state index in [1.165, 1.54) is 0 Å². The van der Waals surface area contributed by atoms with E-state index in [0.717, 1.165) is 6.42 Å². The van der Waals surface area contributed by atoms with Crippen LogP contribution in [0, 0.1) is 0 Å². The lowest BCUT2D eigenvalue weighted by atomic mass is 10.2. The minimum Gasteiger partial charge on any atom is -0.491 e. The molecule has 5 heteroatoms. The van der Waals surface area contributed by atoms with E-state index >= 15 is 0 Å². The number of amides is 1. The molecular weight excluding hydrogens is 246 g/mol. The molecule has 5 nitrogen and oxygen atoms in total. The Hall–Kier alpha value is -2.04. The van der Waals surface area contributed by atoms with E-state index in [0.29, 0.717) is 11.4 Å². The number of carboxylic acids is 1. The number of carbonyl (C=O) groups excluding carboxylic acids is 1. The molecule has 0 unspecified atom stereocenters. The maximum atomic E-state index is 11.5. The largest absolute Gasteiger partial charge is 0.491 e. The molecule has 0 heterocycles. The molecule has 0 aromatic heterocycles. The summed E-state index contributed by atoms with van der Waals surface area (Å²) in [6, 6.07) is 7.07. The van der Waals surface area contributed by atoms with Crippen molar-refractivity contribution in [2.75, 3.05) is 5.32 Å². The van der Waals surface area contributed by atoms with Gasteiger partial charge in [0.1, 0.15) is 5.75 Å². The molecule has 104 valence electrons. The molecule has 1 atom stereocenters. The Kier molecular flexibility index (Phi) is 5.85. The van der Waals surface area contributed by atoms with Gasteiger partial charge < -0.3 is 15.2 Å². The molecule has 0 saturated heterocycles. The number of hydrogen-bond donors (Lipinski definition) is 2. The molecule has 0 aliphatic heterocycles. The molecule has 1 rings (SSSR count). The van der Waals surface area contributed by atoms with Crippen LogP contribution in [0.5, 0.6) is 5.75 Å². The highest BCUT2D eigenvalue weighted by molar-refractivity contribution is 5.92. The smallest absolute Gasteiger partial charge is 0.303 e. The van der Waals surface area contributed by atoms with E-state index in [-0.39, 0.29) is 24.9 Å². The molecule has 0 spiro atoms. The van der Waals surface area contributed by atoms with Crippen molar-refractivity contribution >= 4 is 17.6 Å². The fourth-order valence-corrected chi connectivity index (χ4v) is 1.41. The fraction of sp³-hybridized carbons (Fsp3) is 0.429. The third kappa shape index (κ3) is 5.90. The average Bonchev–Trinajstić information content (AvgIpc) is 2.36. The van der Waals surface area contributed by atoms with Crippen LogP contribution >= 0.6 is 0 Å². The minimum absolute atomic E-state index is 0.0359. The van der Waals surface area contributed by atoms with E-state index < -0.39 is 5.97 Å². The SMILES string of the molecule is CC[C@H](C)Oc1cccc(NC(=O)CCC(=O)O)c1. The number of anilines is 1. The highest BCUT2D eigenvalue weighted by atomic mass is 16.5. The summed E-state index contributed by atoms with van der Waals surface area (Å²) in [6.45, 7) is 4.00. The molecule has 1 amide bonds. The van der Waals surface area contributed by atoms with Crippen molar-refractivity contribution in [2.24, 2.45) is 0 Å². The number of hydrogen-bond acceptors (Lipinski definition) is 3. The first-order chi connectivity index (χ1) is 9.01. The van der Waals surface area contributed by atoms with Crippen molar-refractivity contribution < 1.29 is 19.4 Å². The van der Waals surface area contributed by atoms with E-state index in [4.69, 9.17) is 9.84 Å². The normalized spacial score (nSPS) is 11.7.